The van der Waals surface area contributed by atoms with E-state index in [1.807, 2.05) is 95.3 Å². The SMILES string of the molecule is Cc1ccc(S(=O)(=O)N(CC(=O)N(Cc2ccc(Br)cc2)C(Cc2ccccc2)C(=O)NC(C)(C)C)c2cccc(C)c2)cc1. The Hall–Kier alpha value is -3.95. The molecule has 0 aliphatic carbocycles. The highest BCUT2D eigenvalue weighted by molar-refractivity contribution is 9.10. The Balaban J connectivity index is 1.81. The number of hydrogen-bond donors (Lipinski definition) is 1. The van der Waals surface area contributed by atoms with Crippen LogP contribution in [0.15, 0.2) is 112 Å². The molecular weight excluding hydrogens is 650 g/mol. The van der Waals surface area contributed by atoms with Gasteiger partial charge in [0, 0.05) is 23.0 Å². The molecule has 7 nitrogen and oxygen atoms in total. The third kappa shape index (κ3) is 9.28. The van der Waals surface area contributed by atoms with Crippen LogP contribution in [0, 0.1) is 13.8 Å². The highest BCUT2D eigenvalue weighted by Gasteiger charge is 2.35. The Labute approximate surface area is 275 Å². The molecule has 2 amide bonds. The fourth-order valence-electron chi connectivity index (χ4n) is 4.94. The summed E-state index contributed by atoms with van der Waals surface area (Å²) < 4.78 is 30.3. The number of carbonyl (C=O) groups is 2. The quantitative estimate of drug-likeness (QED) is 0.187. The minimum Gasteiger partial charge on any atom is -0.350 e. The van der Waals surface area contributed by atoms with Gasteiger partial charge in [-0.3, -0.25) is 13.9 Å². The standard InChI is InChI=1S/C36H40BrN3O4S/c1-26-14-20-32(21-15-26)45(43,44)40(31-13-9-10-27(2)22-31)25-34(41)39(24-29-16-18-30(37)19-17-29)33(35(42)38-36(3,4)5)23-28-11-7-6-8-12-28/h6-22,33H,23-25H2,1-5H3,(H,38,42). The first kappa shape index (κ1) is 33.9. The molecule has 0 aromatic heterocycles. The highest BCUT2D eigenvalue weighted by Crippen LogP contribution is 2.26. The van der Waals surface area contributed by atoms with Gasteiger partial charge in [0.1, 0.15) is 12.6 Å². The van der Waals surface area contributed by atoms with Gasteiger partial charge in [-0.15, -0.1) is 0 Å². The minimum atomic E-state index is -4.15. The monoisotopic (exact) mass is 689 g/mol. The van der Waals surface area contributed by atoms with Crippen LogP contribution in [-0.4, -0.2) is 43.3 Å². The molecule has 0 heterocycles. The van der Waals surface area contributed by atoms with Crippen molar-refractivity contribution in [3.63, 3.8) is 0 Å². The fourth-order valence-corrected chi connectivity index (χ4v) is 6.61. The van der Waals surface area contributed by atoms with E-state index in [0.717, 1.165) is 31.0 Å². The maximum Gasteiger partial charge on any atom is 0.264 e. The van der Waals surface area contributed by atoms with Gasteiger partial charge in [-0.25, -0.2) is 8.42 Å². The molecule has 0 fully saturated rings. The van der Waals surface area contributed by atoms with Gasteiger partial charge in [0.15, 0.2) is 0 Å². The predicted molar refractivity (Wildman–Crippen MR) is 183 cm³/mol. The van der Waals surface area contributed by atoms with Crippen molar-refractivity contribution in [2.45, 2.75) is 64.1 Å². The van der Waals surface area contributed by atoms with E-state index in [4.69, 9.17) is 0 Å². The summed E-state index contributed by atoms with van der Waals surface area (Å²) in [6.45, 7) is 9.02. The number of anilines is 1. The van der Waals surface area contributed by atoms with E-state index in [2.05, 4.69) is 21.2 Å². The van der Waals surface area contributed by atoms with Gasteiger partial charge in [-0.05, 0) is 87.7 Å². The lowest BCUT2D eigenvalue weighted by Gasteiger charge is -2.35. The first-order chi connectivity index (χ1) is 21.2. The normalized spacial score (nSPS) is 12.3. The van der Waals surface area contributed by atoms with Crippen LogP contribution in [0.5, 0.6) is 0 Å². The third-order valence-corrected chi connectivity index (χ3v) is 9.53. The number of amides is 2. The van der Waals surface area contributed by atoms with E-state index in [1.165, 1.54) is 4.90 Å². The average Bonchev–Trinajstić information content (AvgIpc) is 2.98. The number of sulfonamides is 1. The Bertz CT molecular complexity index is 1720. The molecule has 0 saturated heterocycles. The first-order valence-electron chi connectivity index (χ1n) is 14.8. The molecule has 1 unspecified atom stereocenters. The molecule has 0 saturated carbocycles. The highest BCUT2D eigenvalue weighted by atomic mass is 79.9. The van der Waals surface area contributed by atoms with Crippen molar-refractivity contribution in [2.75, 3.05) is 10.8 Å². The van der Waals surface area contributed by atoms with Crippen LogP contribution in [0.2, 0.25) is 0 Å². The van der Waals surface area contributed by atoms with E-state index in [1.54, 1.807) is 42.5 Å². The van der Waals surface area contributed by atoms with Gasteiger partial charge in [0.25, 0.3) is 10.0 Å². The molecular formula is C36H40BrN3O4S. The predicted octanol–water partition coefficient (Wildman–Crippen LogP) is 6.82. The summed E-state index contributed by atoms with van der Waals surface area (Å²) in [6, 6.07) is 29.7. The lowest BCUT2D eigenvalue weighted by molar-refractivity contribution is -0.140. The van der Waals surface area contributed by atoms with Crippen molar-refractivity contribution < 1.29 is 18.0 Å². The number of nitrogens with zero attached hydrogens (tertiary/aromatic N) is 2. The van der Waals surface area contributed by atoms with Crippen LogP contribution in [-0.2, 0) is 32.6 Å². The number of benzene rings is 4. The van der Waals surface area contributed by atoms with E-state index in [-0.39, 0.29) is 23.8 Å². The van der Waals surface area contributed by atoms with Gasteiger partial charge in [-0.2, -0.15) is 0 Å². The van der Waals surface area contributed by atoms with Crippen molar-refractivity contribution in [1.82, 2.24) is 10.2 Å². The molecule has 0 aliphatic rings. The summed E-state index contributed by atoms with van der Waals surface area (Å²) in [4.78, 5) is 30.1. The molecule has 0 spiro atoms. The maximum absolute atomic E-state index is 14.5. The summed E-state index contributed by atoms with van der Waals surface area (Å²) in [6.07, 6.45) is 0.250. The Morgan fingerprint density at radius 2 is 1.44 bits per heavy atom. The van der Waals surface area contributed by atoms with Crippen molar-refractivity contribution in [2.24, 2.45) is 0 Å². The molecule has 4 rings (SSSR count). The van der Waals surface area contributed by atoms with Gasteiger partial charge >= 0.3 is 0 Å². The second kappa shape index (κ2) is 14.4. The minimum absolute atomic E-state index is 0.0770. The Kier molecular flexibility index (Phi) is 10.9. The van der Waals surface area contributed by atoms with E-state index >= 15 is 0 Å². The van der Waals surface area contributed by atoms with Crippen molar-refractivity contribution >= 4 is 43.5 Å². The zero-order chi connectivity index (χ0) is 32.8. The van der Waals surface area contributed by atoms with Crippen LogP contribution in [0.3, 0.4) is 0 Å². The largest absolute Gasteiger partial charge is 0.350 e. The maximum atomic E-state index is 14.5. The molecule has 9 heteroatoms. The van der Waals surface area contributed by atoms with Crippen LogP contribution in [0.1, 0.15) is 43.0 Å². The lowest BCUT2D eigenvalue weighted by Crippen LogP contribution is -2.56. The van der Waals surface area contributed by atoms with Gasteiger partial charge in [0.2, 0.25) is 11.8 Å². The molecule has 4 aromatic rings. The van der Waals surface area contributed by atoms with Gasteiger partial charge in [-0.1, -0.05) is 88.2 Å². The van der Waals surface area contributed by atoms with Crippen molar-refractivity contribution in [1.29, 1.82) is 0 Å². The van der Waals surface area contributed by atoms with E-state index < -0.39 is 34.1 Å². The molecule has 0 radical (unpaired) electrons. The number of nitrogens with one attached hydrogen (secondary N) is 1. The number of hydrogen-bond acceptors (Lipinski definition) is 4. The van der Waals surface area contributed by atoms with Crippen molar-refractivity contribution in [3.8, 4) is 0 Å². The number of aryl methyl sites for hydroxylation is 2. The summed E-state index contributed by atoms with van der Waals surface area (Å²) >= 11 is 3.46. The van der Waals surface area contributed by atoms with E-state index in [0.29, 0.717) is 5.69 Å². The zero-order valence-corrected chi connectivity index (χ0v) is 28.7. The second-order valence-corrected chi connectivity index (χ2v) is 15.0. The van der Waals surface area contributed by atoms with Gasteiger partial charge < -0.3 is 10.2 Å². The molecule has 0 bridgehead atoms. The average molecular weight is 691 g/mol. The first-order valence-corrected chi connectivity index (χ1v) is 17.0. The second-order valence-electron chi connectivity index (χ2n) is 12.3. The summed E-state index contributed by atoms with van der Waals surface area (Å²) in [5.41, 5.74) is 3.26. The summed E-state index contributed by atoms with van der Waals surface area (Å²) in [5.74, 6) is -0.819. The fraction of sp³-hybridized carbons (Fsp3) is 0.278. The lowest BCUT2D eigenvalue weighted by atomic mass is 10.0. The number of rotatable bonds is 11. The molecule has 4 aromatic carbocycles. The molecule has 1 atom stereocenters. The van der Waals surface area contributed by atoms with Crippen LogP contribution in [0.25, 0.3) is 0 Å². The van der Waals surface area contributed by atoms with Crippen LogP contribution < -0.4 is 9.62 Å². The summed E-state index contributed by atoms with van der Waals surface area (Å²) in [7, 11) is -4.15. The number of halogens is 1. The molecule has 236 valence electrons. The third-order valence-electron chi connectivity index (χ3n) is 7.21. The topological polar surface area (TPSA) is 86.8 Å². The molecule has 0 aliphatic heterocycles. The molecule has 45 heavy (non-hydrogen) atoms. The Morgan fingerprint density at radius 3 is 2.04 bits per heavy atom. The van der Waals surface area contributed by atoms with E-state index in [9.17, 15) is 18.0 Å². The zero-order valence-electron chi connectivity index (χ0n) is 26.3. The summed E-state index contributed by atoms with van der Waals surface area (Å²) in [5, 5.41) is 3.05. The molecule has 1 N–H and O–H groups in total. The van der Waals surface area contributed by atoms with Crippen LogP contribution in [0.4, 0.5) is 5.69 Å². The van der Waals surface area contributed by atoms with Gasteiger partial charge in [0.05, 0.1) is 10.6 Å². The number of carbonyl (C=O) groups excluding carboxylic acids is 2. The van der Waals surface area contributed by atoms with Crippen LogP contribution >= 0.6 is 15.9 Å². The smallest absolute Gasteiger partial charge is 0.264 e. The Morgan fingerprint density at radius 1 is 0.800 bits per heavy atom. The van der Waals surface area contributed by atoms with Crippen molar-refractivity contribution in [3.05, 3.63) is 130 Å².